The maximum Gasteiger partial charge on any atom is 0.295 e. The van der Waals surface area contributed by atoms with Crippen LogP contribution in [-0.4, -0.2) is 50.4 Å². The average Bonchev–Trinajstić information content (AvgIpc) is 3.01. The molecule has 0 aliphatic carbocycles. The lowest BCUT2D eigenvalue weighted by atomic mass is 9.95. The van der Waals surface area contributed by atoms with Crippen LogP contribution >= 0.6 is 0 Å². The first kappa shape index (κ1) is 21.6. The van der Waals surface area contributed by atoms with Crippen LogP contribution < -0.4 is 14.7 Å². The zero-order valence-electron chi connectivity index (χ0n) is 17.7. The number of carbonyl (C=O) groups excluding carboxylic acids is 2. The number of amides is 1. The van der Waals surface area contributed by atoms with Gasteiger partial charge in [-0.25, -0.2) is 0 Å². The van der Waals surface area contributed by atoms with Crippen molar-refractivity contribution in [2.24, 2.45) is 0 Å². The fraction of sp³-hybridized carbons (Fsp3) is 0.333. The first-order chi connectivity index (χ1) is 14.4. The van der Waals surface area contributed by atoms with Crippen molar-refractivity contribution in [1.29, 1.82) is 0 Å². The van der Waals surface area contributed by atoms with Gasteiger partial charge in [0.15, 0.2) is 0 Å². The number of carbonyl (C=O) groups is 2. The molecule has 0 bridgehead atoms. The maximum atomic E-state index is 13.3. The van der Waals surface area contributed by atoms with Gasteiger partial charge in [-0.1, -0.05) is 55.1 Å². The first-order valence-corrected chi connectivity index (χ1v) is 10.3. The molecule has 1 unspecified atom stereocenters. The second kappa shape index (κ2) is 9.59. The average molecular weight is 408 g/mol. The summed E-state index contributed by atoms with van der Waals surface area (Å²) >= 11 is 0. The predicted molar refractivity (Wildman–Crippen MR) is 113 cm³/mol. The van der Waals surface area contributed by atoms with Gasteiger partial charge in [0, 0.05) is 5.57 Å². The fourth-order valence-electron chi connectivity index (χ4n) is 3.53. The van der Waals surface area contributed by atoms with Crippen molar-refractivity contribution >= 4 is 17.4 Å². The molecule has 158 valence electrons. The van der Waals surface area contributed by atoms with Crippen LogP contribution in [0.15, 0.2) is 60.2 Å². The Bertz CT molecular complexity index is 937. The van der Waals surface area contributed by atoms with Gasteiger partial charge in [0.1, 0.15) is 5.75 Å². The number of hydrogen-bond donors (Lipinski definition) is 1. The van der Waals surface area contributed by atoms with E-state index in [1.54, 1.807) is 30.3 Å². The molecule has 1 aliphatic heterocycles. The summed E-state index contributed by atoms with van der Waals surface area (Å²) in [5.41, 5.74) is 1.11. The Morgan fingerprint density at radius 3 is 2.50 bits per heavy atom. The third kappa shape index (κ3) is 4.54. The van der Waals surface area contributed by atoms with Gasteiger partial charge in [-0.2, -0.15) is 0 Å². The molecule has 0 aromatic heterocycles. The molecular weight excluding hydrogens is 380 g/mol. The van der Waals surface area contributed by atoms with Gasteiger partial charge >= 0.3 is 0 Å². The molecule has 1 saturated heterocycles. The van der Waals surface area contributed by atoms with Crippen molar-refractivity contribution in [3.8, 4) is 5.75 Å². The second-order valence-electron chi connectivity index (χ2n) is 7.72. The standard InChI is InChI=1S/C24H28N2O4/c1-4-15-30-19-12-8-11-18(16-19)21-20(22(27)17-9-6-5-7-10-17)23(28)24(29)26(21)14-13-25(2)3/h5-12,16,21,27H,4,13-15H2,1-3H3. The lowest BCUT2D eigenvalue weighted by Gasteiger charge is -2.28. The van der Waals surface area contributed by atoms with E-state index in [9.17, 15) is 14.7 Å². The highest BCUT2D eigenvalue weighted by atomic mass is 16.5. The van der Waals surface area contributed by atoms with Gasteiger partial charge in [0.2, 0.25) is 5.78 Å². The first-order valence-electron chi connectivity index (χ1n) is 10.3. The summed E-state index contributed by atoms with van der Waals surface area (Å²) in [7, 11) is 3.96. The van der Waals surface area contributed by atoms with Crippen molar-refractivity contribution < 1.29 is 24.3 Å². The van der Waals surface area contributed by atoms with E-state index in [2.05, 4.69) is 0 Å². The largest absolute Gasteiger partial charge is 0.872 e. The minimum atomic E-state index is -0.720. The molecule has 6 heteroatoms. The number of nitrogens with one attached hydrogen (secondary N) is 1. The fourth-order valence-corrected chi connectivity index (χ4v) is 3.53. The highest BCUT2D eigenvalue weighted by Crippen LogP contribution is 2.39. The lowest BCUT2D eigenvalue weighted by Crippen LogP contribution is -3.06. The van der Waals surface area contributed by atoms with E-state index in [0.717, 1.165) is 11.3 Å². The summed E-state index contributed by atoms with van der Waals surface area (Å²) in [6, 6.07) is 15.2. The Kier molecular flexibility index (Phi) is 6.90. The molecule has 6 nitrogen and oxygen atoms in total. The Balaban J connectivity index is 2.10. The molecule has 1 aliphatic rings. The quantitative estimate of drug-likeness (QED) is 0.399. The molecule has 3 rings (SSSR count). The summed E-state index contributed by atoms with van der Waals surface area (Å²) < 4.78 is 5.74. The Labute approximate surface area is 177 Å². The number of hydrogen-bond acceptors (Lipinski definition) is 4. The molecule has 0 radical (unpaired) electrons. The Morgan fingerprint density at radius 2 is 1.83 bits per heavy atom. The third-order valence-electron chi connectivity index (χ3n) is 5.06. The SMILES string of the molecule is CCCOc1cccc(C2C(=C([O-])c3ccccc3)C(=O)C(=O)N2CC[NH+](C)C)c1. The molecule has 2 aromatic rings. The third-order valence-corrected chi connectivity index (χ3v) is 5.06. The van der Waals surface area contributed by atoms with Crippen molar-refractivity contribution in [2.75, 3.05) is 33.8 Å². The number of likely N-dealkylation sites (N-methyl/N-ethyl adjacent to an activating group) is 1. The molecule has 1 amide bonds. The number of ether oxygens (including phenoxy) is 1. The van der Waals surface area contributed by atoms with Crippen molar-refractivity contribution in [1.82, 2.24) is 4.90 Å². The second-order valence-corrected chi connectivity index (χ2v) is 7.72. The molecule has 30 heavy (non-hydrogen) atoms. The Morgan fingerprint density at radius 1 is 1.10 bits per heavy atom. The monoisotopic (exact) mass is 408 g/mol. The van der Waals surface area contributed by atoms with Crippen molar-refractivity contribution in [2.45, 2.75) is 19.4 Å². The number of quaternary nitrogens is 1. The normalized spacial score (nSPS) is 18.3. The van der Waals surface area contributed by atoms with Crippen LogP contribution in [-0.2, 0) is 9.59 Å². The van der Waals surface area contributed by atoms with Crippen LogP contribution in [0.3, 0.4) is 0 Å². The lowest BCUT2D eigenvalue weighted by molar-refractivity contribution is -0.857. The van der Waals surface area contributed by atoms with Crippen LogP contribution in [0.5, 0.6) is 5.75 Å². The van der Waals surface area contributed by atoms with Crippen LogP contribution in [0.1, 0.15) is 30.5 Å². The molecule has 0 saturated carbocycles. The van der Waals surface area contributed by atoms with Gasteiger partial charge in [0.05, 0.1) is 39.8 Å². The smallest absolute Gasteiger partial charge is 0.295 e. The summed E-state index contributed by atoms with van der Waals surface area (Å²) in [5.74, 6) is -1.09. The topological polar surface area (TPSA) is 74.1 Å². The summed E-state index contributed by atoms with van der Waals surface area (Å²) in [5, 5.41) is 13.3. The predicted octanol–water partition coefficient (Wildman–Crippen LogP) is 0.844. The zero-order chi connectivity index (χ0) is 21.7. The van der Waals surface area contributed by atoms with E-state index in [-0.39, 0.29) is 5.57 Å². The minimum absolute atomic E-state index is 0.00703. The maximum absolute atomic E-state index is 13.3. The molecule has 1 N–H and O–H groups in total. The van der Waals surface area contributed by atoms with E-state index in [4.69, 9.17) is 4.74 Å². The van der Waals surface area contributed by atoms with Gasteiger partial charge in [-0.05, 0) is 29.7 Å². The van der Waals surface area contributed by atoms with Gasteiger partial charge in [-0.3, -0.25) is 9.59 Å². The molecular formula is C24H28N2O4. The number of ketones is 1. The van der Waals surface area contributed by atoms with Crippen molar-refractivity contribution in [3.63, 3.8) is 0 Å². The highest BCUT2D eigenvalue weighted by molar-refractivity contribution is 6.46. The number of Topliss-reactive ketones (excluding diaryl/α,β-unsaturated/α-hetero) is 1. The number of likely N-dealkylation sites (tertiary alicyclic amines) is 1. The molecule has 2 aromatic carbocycles. The van der Waals surface area contributed by atoms with Crippen LogP contribution in [0.2, 0.25) is 0 Å². The molecule has 0 spiro atoms. The van der Waals surface area contributed by atoms with Gasteiger partial charge in [-0.15, -0.1) is 0 Å². The highest BCUT2D eigenvalue weighted by Gasteiger charge is 2.44. The van der Waals surface area contributed by atoms with Crippen LogP contribution in [0, 0.1) is 0 Å². The summed E-state index contributed by atoms with van der Waals surface area (Å²) in [6.45, 7) is 3.63. The number of benzene rings is 2. The van der Waals surface area contributed by atoms with Gasteiger partial charge in [0.25, 0.3) is 5.91 Å². The molecule has 1 atom stereocenters. The van der Waals surface area contributed by atoms with E-state index in [0.29, 0.717) is 36.6 Å². The van der Waals surface area contributed by atoms with E-state index >= 15 is 0 Å². The van der Waals surface area contributed by atoms with Crippen LogP contribution in [0.25, 0.3) is 5.76 Å². The van der Waals surface area contributed by atoms with E-state index in [1.165, 1.54) is 4.90 Å². The van der Waals surface area contributed by atoms with Crippen LogP contribution in [0.4, 0.5) is 0 Å². The summed E-state index contributed by atoms with van der Waals surface area (Å²) in [6.07, 6.45) is 0.867. The van der Waals surface area contributed by atoms with E-state index in [1.807, 2.05) is 45.3 Å². The molecule has 1 fully saturated rings. The van der Waals surface area contributed by atoms with E-state index < -0.39 is 23.5 Å². The summed E-state index contributed by atoms with van der Waals surface area (Å²) in [4.78, 5) is 28.5. The number of rotatable bonds is 8. The minimum Gasteiger partial charge on any atom is -0.872 e. The number of nitrogens with zero attached hydrogens (tertiary/aromatic N) is 1. The molecule has 1 heterocycles. The Hall–Kier alpha value is -3.12. The van der Waals surface area contributed by atoms with Gasteiger partial charge < -0.3 is 19.6 Å². The zero-order valence-corrected chi connectivity index (χ0v) is 17.7. The van der Waals surface area contributed by atoms with Crippen molar-refractivity contribution in [3.05, 3.63) is 71.3 Å².